The van der Waals surface area contributed by atoms with Crippen LogP contribution >= 0.6 is 0 Å². The number of anilines is 1. The number of aryl methyl sites for hydroxylation is 1. The highest BCUT2D eigenvalue weighted by atomic mass is 16.5. The number of amides is 1. The van der Waals surface area contributed by atoms with Crippen molar-refractivity contribution in [2.45, 2.75) is 18.9 Å². The summed E-state index contributed by atoms with van der Waals surface area (Å²) in [6.07, 6.45) is 1.62. The predicted molar refractivity (Wildman–Crippen MR) is 125 cm³/mol. The van der Waals surface area contributed by atoms with Crippen molar-refractivity contribution in [2.75, 3.05) is 11.5 Å². The first-order chi connectivity index (χ1) is 16.6. The van der Waals surface area contributed by atoms with Crippen LogP contribution in [0.1, 0.15) is 22.4 Å². The molecule has 0 radical (unpaired) electrons. The Morgan fingerprint density at radius 2 is 1.85 bits per heavy atom. The Bertz CT molecular complexity index is 1570. The number of ether oxygens (including phenoxy) is 1. The zero-order chi connectivity index (χ0) is 22.9. The van der Waals surface area contributed by atoms with E-state index in [0.717, 1.165) is 39.0 Å². The number of fused-ring (bicyclic) bond motifs is 5. The number of carbonyl (C=O) groups is 1. The summed E-state index contributed by atoms with van der Waals surface area (Å²) in [5, 5.41) is 8.74. The van der Waals surface area contributed by atoms with Crippen molar-refractivity contribution in [1.82, 2.24) is 10.3 Å². The van der Waals surface area contributed by atoms with Crippen molar-refractivity contribution in [3.8, 4) is 17.1 Å². The van der Waals surface area contributed by atoms with Gasteiger partial charge in [0.1, 0.15) is 17.8 Å². The van der Waals surface area contributed by atoms with Crippen LogP contribution in [-0.4, -0.2) is 22.8 Å². The van der Waals surface area contributed by atoms with Crippen LogP contribution in [0.15, 0.2) is 82.0 Å². The van der Waals surface area contributed by atoms with E-state index in [4.69, 9.17) is 13.8 Å². The number of hydrogen-bond acceptors (Lipinski definition) is 6. The smallest absolute Gasteiger partial charge is 0.246 e. The highest BCUT2D eigenvalue weighted by Crippen LogP contribution is 2.53. The third-order valence-electron chi connectivity index (χ3n) is 6.94. The van der Waals surface area contributed by atoms with Gasteiger partial charge in [0.2, 0.25) is 5.91 Å². The number of hydrogen-bond donors (Lipinski definition) is 0. The van der Waals surface area contributed by atoms with Crippen LogP contribution in [0.5, 0.6) is 5.75 Å². The normalized spacial score (nSPS) is 18.5. The molecule has 7 nitrogen and oxygen atoms in total. The molecule has 3 aromatic carbocycles. The van der Waals surface area contributed by atoms with Crippen molar-refractivity contribution >= 4 is 22.6 Å². The van der Waals surface area contributed by atoms with Gasteiger partial charge in [0.05, 0.1) is 18.4 Å². The fraction of sp³-hybridized carbons (Fsp3) is 0.148. The summed E-state index contributed by atoms with van der Waals surface area (Å²) in [6, 6.07) is 21.7. The minimum Gasteiger partial charge on any atom is -0.491 e. The summed E-state index contributed by atoms with van der Waals surface area (Å²) in [6.45, 7) is 2.62. The maximum atomic E-state index is 14.2. The summed E-state index contributed by atoms with van der Waals surface area (Å²) in [5.41, 5.74) is 5.27. The highest BCUT2D eigenvalue weighted by molar-refractivity contribution is 6.12. The Morgan fingerprint density at radius 3 is 2.68 bits per heavy atom. The SMILES string of the molecule is Cc1noc2cc3c(cc12)C1(CO3)C(=O)N(Cc2ccc(-c3ccno3)cc2)c2ccccc21. The van der Waals surface area contributed by atoms with Crippen LogP contribution in [0.2, 0.25) is 0 Å². The number of rotatable bonds is 3. The zero-order valence-electron chi connectivity index (χ0n) is 18.3. The van der Waals surface area contributed by atoms with E-state index < -0.39 is 5.41 Å². The van der Waals surface area contributed by atoms with Crippen molar-refractivity contribution in [2.24, 2.45) is 0 Å². The Hall–Kier alpha value is -4.39. The van der Waals surface area contributed by atoms with Gasteiger partial charge in [-0.2, -0.15) is 0 Å². The van der Waals surface area contributed by atoms with Gasteiger partial charge >= 0.3 is 0 Å². The van der Waals surface area contributed by atoms with Crippen LogP contribution in [0, 0.1) is 6.92 Å². The van der Waals surface area contributed by atoms with E-state index in [0.29, 0.717) is 23.6 Å². The molecule has 2 aliphatic heterocycles. The van der Waals surface area contributed by atoms with E-state index >= 15 is 0 Å². The third kappa shape index (κ3) is 2.49. The molecule has 1 amide bonds. The largest absolute Gasteiger partial charge is 0.491 e. The van der Waals surface area contributed by atoms with Crippen molar-refractivity contribution < 1.29 is 18.6 Å². The fourth-order valence-corrected chi connectivity index (χ4v) is 5.21. The van der Waals surface area contributed by atoms with Crippen LogP contribution in [0.25, 0.3) is 22.3 Å². The first-order valence-corrected chi connectivity index (χ1v) is 11.1. The van der Waals surface area contributed by atoms with Gasteiger partial charge in [-0.05, 0) is 30.2 Å². The van der Waals surface area contributed by atoms with Crippen molar-refractivity contribution in [3.05, 3.63) is 95.3 Å². The molecule has 166 valence electrons. The highest BCUT2D eigenvalue weighted by Gasteiger charge is 2.57. The van der Waals surface area contributed by atoms with Gasteiger partial charge in [-0.25, -0.2) is 0 Å². The summed E-state index contributed by atoms with van der Waals surface area (Å²) in [5.74, 6) is 1.40. The molecular weight excluding hydrogens is 430 g/mol. The Balaban J connectivity index is 1.31. The van der Waals surface area contributed by atoms with E-state index in [-0.39, 0.29) is 12.5 Å². The molecule has 2 aliphatic rings. The van der Waals surface area contributed by atoms with Crippen LogP contribution in [0.3, 0.4) is 0 Å². The molecule has 34 heavy (non-hydrogen) atoms. The second-order valence-corrected chi connectivity index (χ2v) is 8.79. The van der Waals surface area contributed by atoms with Gasteiger partial charge in [0.15, 0.2) is 11.3 Å². The molecule has 1 atom stereocenters. The first kappa shape index (κ1) is 19.1. The van der Waals surface area contributed by atoms with Gasteiger partial charge in [0, 0.05) is 34.3 Å². The Morgan fingerprint density at radius 1 is 1.00 bits per heavy atom. The first-order valence-electron chi connectivity index (χ1n) is 11.1. The lowest BCUT2D eigenvalue weighted by Crippen LogP contribution is -2.42. The van der Waals surface area contributed by atoms with Gasteiger partial charge in [0.25, 0.3) is 0 Å². The summed E-state index contributed by atoms with van der Waals surface area (Å²) in [4.78, 5) is 16.0. The fourth-order valence-electron chi connectivity index (χ4n) is 5.21. The van der Waals surface area contributed by atoms with Crippen molar-refractivity contribution in [3.63, 3.8) is 0 Å². The van der Waals surface area contributed by atoms with Gasteiger partial charge < -0.3 is 18.7 Å². The average Bonchev–Trinajstić information content (AvgIpc) is 3.64. The van der Waals surface area contributed by atoms with Crippen molar-refractivity contribution in [1.29, 1.82) is 0 Å². The molecule has 0 N–H and O–H groups in total. The maximum absolute atomic E-state index is 14.2. The number of para-hydroxylation sites is 1. The van der Waals surface area contributed by atoms with E-state index in [2.05, 4.69) is 10.3 Å². The molecule has 5 aromatic rings. The summed E-state index contributed by atoms with van der Waals surface area (Å²) >= 11 is 0. The molecule has 0 aliphatic carbocycles. The Labute approximate surface area is 194 Å². The number of carbonyl (C=O) groups excluding carboxylic acids is 1. The molecule has 0 saturated heterocycles. The zero-order valence-corrected chi connectivity index (χ0v) is 18.3. The second-order valence-electron chi connectivity index (χ2n) is 8.79. The topological polar surface area (TPSA) is 81.6 Å². The van der Waals surface area contributed by atoms with Gasteiger partial charge in [-0.15, -0.1) is 0 Å². The molecule has 0 bridgehead atoms. The molecule has 4 heterocycles. The van der Waals surface area contributed by atoms with Gasteiger partial charge in [-0.1, -0.05) is 52.8 Å². The molecule has 7 heteroatoms. The number of benzene rings is 3. The third-order valence-corrected chi connectivity index (χ3v) is 6.94. The molecular formula is C27H19N3O4. The lowest BCUT2D eigenvalue weighted by molar-refractivity contribution is -0.122. The lowest BCUT2D eigenvalue weighted by atomic mass is 9.77. The summed E-state index contributed by atoms with van der Waals surface area (Å²) < 4.78 is 16.8. The number of aromatic nitrogens is 2. The molecule has 2 aromatic heterocycles. The lowest BCUT2D eigenvalue weighted by Gasteiger charge is -2.23. The van der Waals surface area contributed by atoms with Crippen LogP contribution in [-0.2, 0) is 16.8 Å². The number of nitrogens with zero attached hydrogens (tertiary/aromatic N) is 3. The standard InChI is InChI=1S/C27H19N3O4/c1-16-19-12-21-25(13-24(19)34-29-16)32-15-27(21)20-4-2-3-5-22(20)30(26(27)31)14-17-6-8-18(9-7-17)23-10-11-28-33-23/h2-13H,14-15H2,1H3. The quantitative estimate of drug-likeness (QED) is 0.385. The van der Waals surface area contributed by atoms with Crippen LogP contribution < -0.4 is 9.64 Å². The van der Waals surface area contributed by atoms with E-state index in [1.165, 1.54) is 0 Å². The monoisotopic (exact) mass is 449 g/mol. The maximum Gasteiger partial charge on any atom is 0.246 e. The molecule has 0 fully saturated rings. The predicted octanol–water partition coefficient (Wildman–Crippen LogP) is 5.02. The van der Waals surface area contributed by atoms with Crippen LogP contribution in [0.4, 0.5) is 5.69 Å². The molecule has 7 rings (SSSR count). The molecule has 1 spiro atoms. The van der Waals surface area contributed by atoms with E-state index in [9.17, 15) is 4.79 Å². The minimum atomic E-state index is -0.885. The summed E-state index contributed by atoms with van der Waals surface area (Å²) in [7, 11) is 0. The molecule has 0 saturated carbocycles. The van der Waals surface area contributed by atoms with E-state index in [1.54, 1.807) is 6.20 Å². The minimum absolute atomic E-state index is 0.0141. The average molecular weight is 449 g/mol. The Kier molecular flexibility index (Phi) is 3.83. The molecule has 1 unspecified atom stereocenters. The van der Waals surface area contributed by atoms with Gasteiger partial charge in [-0.3, -0.25) is 4.79 Å². The second kappa shape index (κ2) is 6.81. The van der Waals surface area contributed by atoms with E-state index in [1.807, 2.05) is 78.6 Å².